The molecule has 8 nitrogen and oxygen atoms in total. The first kappa shape index (κ1) is 19.5. The van der Waals surface area contributed by atoms with Crippen molar-refractivity contribution in [1.82, 2.24) is 9.80 Å². The van der Waals surface area contributed by atoms with Crippen LogP contribution in [0.3, 0.4) is 0 Å². The van der Waals surface area contributed by atoms with Gasteiger partial charge in [-0.3, -0.25) is 10.1 Å². The van der Waals surface area contributed by atoms with Crippen molar-refractivity contribution in [3.63, 3.8) is 0 Å². The molecule has 1 aromatic rings. The van der Waals surface area contributed by atoms with Crippen LogP contribution in [0.5, 0.6) is 5.75 Å². The van der Waals surface area contributed by atoms with E-state index in [4.69, 9.17) is 9.47 Å². The number of benzene rings is 1. The Balaban J connectivity index is 1.79. The molecule has 0 bridgehead atoms. The first-order chi connectivity index (χ1) is 12.6. The fourth-order valence-electron chi connectivity index (χ4n) is 3.03. The molecule has 3 rings (SSSR count). The van der Waals surface area contributed by atoms with Gasteiger partial charge in [0.1, 0.15) is 18.0 Å². The molecule has 2 heterocycles. The number of hydrogen-bond donors (Lipinski definition) is 0. The van der Waals surface area contributed by atoms with Crippen LogP contribution in [-0.2, 0) is 11.3 Å². The highest BCUT2D eigenvalue weighted by molar-refractivity contribution is 9.10. The van der Waals surface area contributed by atoms with Crippen molar-refractivity contribution in [3.8, 4) is 5.75 Å². The smallest absolute Gasteiger partial charge is 0.410 e. The van der Waals surface area contributed by atoms with Crippen molar-refractivity contribution in [1.29, 1.82) is 0 Å². The summed E-state index contributed by atoms with van der Waals surface area (Å²) in [6.07, 6.45) is 1.60. The Hall–Kier alpha value is -2.29. The zero-order chi connectivity index (χ0) is 19.8. The predicted octanol–water partition coefficient (Wildman–Crippen LogP) is 3.69. The van der Waals surface area contributed by atoms with Gasteiger partial charge in [-0.15, -0.1) is 0 Å². The van der Waals surface area contributed by atoms with Crippen molar-refractivity contribution in [2.24, 2.45) is 0 Å². The second-order valence-corrected chi connectivity index (χ2v) is 8.35. The summed E-state index contributed by atoms with van der Waals surface area (Å²) in [6, 6.07) is 3.19. The normalized spacial score (nSPS) is 18.9. The number of fused-ring (bicyclic) bond motifs is 2. The van der Waals surface area contributed by atoms with Crippen molar-refractivity contribution in [2.45, 2.75) is 32.9 Å². The van der Waals surface area contributed by atoms with Crippen molar-refractivity contribution < 1.29 is 19.2 Å². The van der Waals surface area contributed by atoms with E-state index >= 15 is 0 Å². The topological polar surface area (TPSA) is 85.2 Å². The summed E-state index contributed by atoms with van der Waals surface area (Å²) in [6.45, 7) is 7.90. The summed E-state index contributed by atoms with van der Waals surface area (Å²) >= 11 is 3.23. The lowest BCUT2D eigenvalue weighted by Crippen LogP contribution is -2.48. The molecule has 0 atom stereocenters. The van der Waals surface area contributed by atoms with Gasteiger partial charge in [0.05, 0.1) is 15.9 Å². The number of piperazine rings is 1. The average molecular weight is 440 g/mol. The number of nitro groups is 1. The van der Waals surface area contributed by atoms with E-state index in [0.29, 0.717) is 43.0 Å². The first-order valence-electron chi connectivity index (χ1n) is 8.65. The summed E-state index contributed by atoms with van der Waals surface area (Å²) in [5.74, 6) is 0.623. The summed E-state index contributed by atoms with van der Waals surface area (Å²) in [5, 5.41) is 11.2. The van der Waals surface area contributed by atoms with Crippen LogP contribution in [0, 0.1) is 10.1 Å². The molecule has 9 heteroatoms. The molecule has 0 spiro atoms. The Morgan fingerprint density at radius 3 is 2.70 bits per heavy atom. The quantitative estimate of drug-likeness (QED) is 0.489. The van der Waals surface area contributed by atoms with Crippen molar-refractivity contribution >= 4 is 27.7 Å². The summed E-state index contributed by atoms with van der Waals surface area (Å²) in [7, 11) is 0. The Morgan fingerprint density at radius 2 is 2.04 bits per heavy atom. The minimum absolute atomic E-state index is 0.0100. The molecular weight excluding hydrogens is 418 g/mol. The molecule has 0 saturated carbocycles. The van der Waals surface area contributed by atoms with Gasteiger partial charge in [0, 0.05) is 43.0 Å². The van der Waals surface area contributed by atoms with E-state index in [2.05, 4.69) is 20.8 Å². The minimum atomic E-state index is -0.544. The van der Waals surface area contributed by atoms with E-state index in [0.717, 1.165) is 11.3 Å². The van der Waals surface area contributed by atoms with Crippen LogP contribution in [0.25, 0.3) is 0 Å². The maximum Gasteiger partial charge on any atom is 0.410 e. The molecule has 0 aromatic heterocycles. The first-order valence-corrected chi connectivity index (χ1v) is 9.45. The molecular formula is C18H22BrN3O5. The second-order valence-electron chi connectivity index (χ2n) is 7.50. The molecule has 2 aliphatic rings. The molecule has 2 aliphatic heterocycles. The van der Waals surface area contributed by atoms with Gasteiger partial charge in [0.2, 0.25) is 0 Å². The van der Waals surface area contributed by atoms with Gasteiger partial charge >= 0.3 is 6.09 Å². The summed E-state index contributed by atoms with van der Waals surface area (Å²) < 4.78 is 11.6. The number of carbonyl (C=O) groups excluding carboxylic acids is 1. The molecule has 1 amide bonds. The van der Waals surface area contributed by atoms with E-state index in [-0.39, 0.29) is 11.8 Å². The van der Waals surface area contributed by atoms with Crippen molar-refractivity contribution in [2.75, 3.05) is 26.2 Å². The molecule has 1 fully saturated rings. The number of nitrogens with zero attached hydrogens (tertiary/aromatic N) is 3. The molecule has 0 unspecified atom stereocenters. The van der Waals surface area contributed by atoms with Gasteiger partial charge in [0.15, 0.2) is 0 Å². The van der Waals surface area contributed by atoms with Crippen LogP contribution in [0.1, 0.15) is 26.3 Å². The number of hydrogen-bond acceptors (Lipinski definition) is 6. The standard InChI is InChI=1S/C18H22BrN3O5/c1-18(2,3)27-17(23)21-6-5-20-10-12-8-15(22(24)25)14(19)9-16(12)26-7-4-13(20)11-21/h4,8-9H,5-7,10-11H2,1-3H3/b13-4-. The van der Waals surface area contributed by atoms with Gasteiger partial charge in [-0.1, -0.05) is 0 Å². The Labute approximate surface area is 166 Å². The molecule has 0 N–H and O–H groups in total. The molecule has 27 heavy (non-hydrogen) atoms. The van der Waals surface area contributed by atoms with Crippen LogP contribution < -0.4 is 4.74 Å². The average Bonchev–Trinajstić information content (AvgIpc) is 2.54. The van der Waals surface area contributed by atoms with Gasteiger partial charge in [-0.2, -0.15) is 0 Å². The third kappa shape index (κ3) is 4.52. The molecule has 1 aromatic carbocycles. The lowest BCUT2D eigenvalue weighted by Gasteiger charge is -2.39. The molecule has 0 aliphatic carbocycles. The highest BCUT2D eigenvalue weighted by Crippen LogP contribution is 2.35. The number of nitro benzene ring substituents is 1. The van der Waals surface area contributed by atoms with E-state index in [1.807, 2.05) is 26.8 Å². The lowest BCUT2D eigenvalue weighted by atomic mass is 10.1. The molecule has 146 valence electrons. The fraction of sp³-hybridized carbons (Fsp3) is 0.500. The maximum atomic E-state index is 12.3. The summed E-state index contributed by atoms with van der Waals surface area (Å²) in [4.78, 5) is 26.9. The third-order valence-corrected chi connectivity index (χ3v) is 4.93. The number of ether oxygens (including phenoxy) is 2. The van der Waals surface area contributed by atoms with Gasteiger partial charge in [-0.25, -0.2) is 4.79 Å². The highest BCUT2D eigenvalue weighted by atomic mass is 79.9. The van der Waals surface area contributed by atoms with E-state index in [9.17, 15) is 14.9 Å². The Morgan fingerprint density at radius 1 is 1.30 bits per heavy atom. The largest absolute Gasteiger partial charge is 0.489 e. The van der Waals surface area contributed by atoms with Gasteiger partial charge in [-0.05, 0) is 42.8 Å². The van der Waals surface area contributed by atoms with E-state index in [1.54, 1.807) is 17.0 Å². The van der Waals surface area contributed by atoms with E-state index in [1.165, 1.54) is 0 Å². The molecule has 1 saturated heterocycles. The monoisotopic (exact) mass is 439 g/mol. The number of amides is 1. The van der Waals surface area contributed by atoms with Crippen LogP contribution in [0.4, 0.5) is 10.5 Å². The fourth-order valence-corrected chi connectivity index (χ4v) is 3.50. The number of rotatable bonds is 1. The van der Waals surface area contributed by atoms with Gasteiger partial charge < -0.3 is 19.3 Å². The SMILES string of the molecule is CC(C)(C)OC(=O)N1CCN2Cc3cc([N+](=O)[O-])c(Br)cc3OC/C=C\2C1. The van der Waals surface area contributed by atoms with Crippen LogP contribution in [0.15, 0.2) is 28.4 Å². The van der Waals surface area contributed by atoms with Gasteiger partial charge in [0.25, 0.3) is 5.69 Å². The lowest BCUT2D eigenvalue weighted by molar-refractivity contribution is -0.385. The van der Waals surface area contributed by atoms with Crippen LogP contribution in [0.2, 0.25) is 0 Å². The number of halogens is 1. The molecule has 0 radical (unpaired) electrons. The number of carbonyl (C=O) groups is 1. The Bertz CT molecular complexity index is 803. The summed E-state index contributed by atoms with van der Waals surface area (Å²) in [5.41, 5.74) is 1.16. The predicted molar refractivity (Wildman–Crippen MR) is 103 cm³/mol. The van der Waals surface area contributed by atoms with E-state index < -0.39 is 10.5 Å². The Kier molecular flexibility index (Phi) is 5.32. The zero-order valence-electron chi connectivity index (χ0n) is 15.5. The highest BCUT2D eigenvalue weighted by Gasteiger charge is 2.30. The second kappa shape index (κ2) is 7.38. The van der Waals surface area contributed by atoms with Crippen LogP contribution >= 0.6 is 15.9 Å². The zero-order valence-corrected chi connectivity index (χ0v) is 17.1. The maximum absolute atomic E-state index is 12.3. The minimum Gasteiger partial charge on any atom is -0.489 e. The third-order valence-electron chi connectivity index (χ3n) is 4.30. The van der Waals surface area contributed by atoms with Crippen LogP contribution in [-0.4, -0.2) is 52.7 Å². The van der Waals surface area contributed by atoms with Crippen molar-refractivity contribution in [3.05, 3.63) is 44.1 Å².